The molecule has 7 heteroatoms. The van der Waals surface area contributed by atoms with Gasteiger partial charge >= 0.3 is 0 Å². The SMILES string of the molecule is Cc1cc(NC(=O)c2csc(CCN)n2)cnc1Cl. The maximum atomic E-state index is 12.0. The monoisotopic (exact) mass is 296 g/mol. The van der Waals surface area contributed by atoms with E-state index in [1.54, 1.807) is 11.4 Å². The summed E-state index contributed by atoms with van der Waals surface area (Å²) in [5.74, 6) is -0.261. The van der Waals surface area contributed by atoms with E-state index in [4.69, 9.17) is 17.3 Å². The van der Waals surface area contributed by atoms with Crippen molar-refractivity contribution in [1.29, 1.82) is 0 Å². The number of aromatic nitrogens is 2. The van der Waals surface area contributed by atoms with Crippen molar-refractivity contribution in [2.45, 2.75) is 13.3 Å². The summed E-state index contributed by atoms with van der Waals surface area (Å²) in [6.07, 6.45) is 2.19. The van der Waals surface area contributed by atoms with Gasteiger partial charge in [-0.3, -0.25) is 4.79 Å². The number of carbonyl (C=O) groups excluding carboxylic acids is 1. The Bertz CT molecular complexity index is 599. The summed E-state index contributed by atoms with van der Waals surface area (Å²) in [4.78, 5) is 20.2. The fourth-order valence-electron chi connectivity index (χ4n) is 1.48. The van der Waals surface area contributed by atoms with Gasteiger partial charge in [0.15, 0.2) is 0 Å². The van der Waals surface area contributed by atoms with Crippen LogP contribution in [0.1, 0.15) is 21.1 Å². The Kier molecular flexibility index (Phi) is 4.47. The van der Waals surface area contributed by atoms with E-state index in [1.807, 2.05) is 6.92 Å². The molecule has 0 aliphatic rings. The number of nitrogens with one attached hydrogen (secondary N) is 1. The summed E-state index contributed by atoms with van der Waals surface area (Å²) in [5, 5.41) is 5.74. The number of anilines is 1. The molecule has 2 aromatic heterocycles. The van der Waals surface area contributed by atoms with Gasteiger partial charge in [0.2, 0.25) is 0 Å². The van der Waals surface area contributed by atoms with Crippen molar-refractivity contribution >= 4 is 34.5 Å². The van der Waals surface area contributed by atoms with E-state index < -0.39 is 0 Å². The minimum Gasteiger partial charge on any atom is -0.330 e. The van der Waals surface area contributed by atoms with Gasteiger partial charge in [-0.15, -0.1) is 11.3 Å². The van der Waals surface area contributed by atoms with Crippen LogP contribution >= 0.6 is 22.9 Å². The number of thiazole rings is 1. The second kappa shape index (κ2) is 6.10. The van der Waals surface area contributed by atoms with Gasteiger partial charge in [-0.2, -0.15) is 0 Å². The molecule has 0 saturated carbocycles. The predicted molar refractivity (Wildman–Crippen MR) is 76.8 cm³/mol. The first kappa shape index (κ1) is 13.9. The van der Waals surface area contributed by atoms with Crippen molar-refractivity contribution in [3.63, 3.8) is 0 Å². The number of rotatable bonds is 4. The number of hydrogen-bond donors (Lipinski definition) is 2. The largest absolute Gasteiger partial charge is 0.330 e. The van der Waals surface area contributed by atoms with Crippen LogP contribution in [0.15, 0.2) is 17.6 Å². The number of halogens is 1. The molecule has 2 rings (SSSR count). The first-order chi connectivity index (χ1) is 9.10. The van der Waals surface area contributed by atoms with Crippen LogP contribution in [-0.4, -0.2) is 22.4 Å². The molecule has 0 radical (unpaired) electrons. The molecule has 2 heterocycles. The topological polar surface area (TPSA) is 80.9 Å². The number of aryl methyl sites for hydroxylation is 1. The van der Waals surface area contributed by atoms with E-state index in [0.717, 1.165) is 10.6 Å². The highest BCUT2D eigenvalue weighted by molar-refractivity contribution is 7.09. The summed E-state index contributed by atoms with van der Waals surface area (Å²) in [5.41, 5.74) is 7.24. The van der Waals surface area contributed by atoms with Crippen LogP contribution in [0.25, 0.3) is 0 Å². The maximum absolute atomic E-state index is 12.0. The van der Waals surface area contributed by atoms with Crippen molar-refractivity contribution < 1.29 is 4.79 Å². The van der Waals surface area contributed by atoms with Crippen LogP contribution in [-0.2, 0) is 6.42 Å². The fraction of sp³-hybridized carbons (Fsp3) is 0.250. The normalized spacial score (nSPS) is 10.5. The van der Waals surface area contributed by atoms with Gasteiger partial charge in [0.25, 0.3) is 5.91 Å². The Morgan fingerprint density at radius 1 is 1.58 bits per heavy atom. The minimum absolute atomic E-state index is 0.261. The molecule has 1 amide bonds. The summed E-state index contributed by atoms with van der Waals surface area (Å²) in [6, 6.07) is 1.76. The van der Waals surface area contributed by atoms with E-state index in [-0.39, 0.29) is 5.91 Å². The number of pyridine rings is 1. The standard InChI is InChI=1S/C12H13ClN4OS/c1-7-4-8(5-15-11(7)13)16-12(18)9-6-19-10(17-9)2-3-14/h4-6H,2-3,14H2,1H3,(H,16,18). The molecular formula is C12H13ClN4OS. The first-order valence-electron chi connectivity index (χ1n) is 5.68. The van der Waals surface area contributed by atoms with Crippen molar-refractivity contribution in [2.75, 3.05) is 11.9 Å². The van der Waals surface area contributed by atoms with Crippen LogP contribution in [0.5, 0.6) is 0 Å². The van der Waals surface area contributed by atoms with E-state index in [0.29, 0.717) is 29.5 Å². The lowest BCUT2D eigenvalue weighted by Gasteiger charge is -2.04. The van der Waals surface area contributed by atoms with Crippen LogP contribution in [0, 0.1) is 6.92 Å². The lowest BCUT2D eigenvalue weighted by Crippen LogP contribution is -2.13. The summed E-state index contributed by atoms with van der Waals surface area (Å²) < 4.78 is 0. The second-order valence-electron chi connectivity index (χ2n) is 3.95. The maximum Gasteiger partial charge on any atom is 0.275 e. The molecule has 0 aliphatic carbocycles. The third-order valence-corrected chi connectivity index (χ3v) is 3.72. The van der Waals surface area contributed by atoms with Gasteiger partial charge < -0.3 is 11.1 Å². The van der Waals surface area contributed by atoms with Gasteiger partial charge in [0.05, 0.1) is 16.9 Å². The van der Waals surface area contributed by atoms with Gasteiger partial charge in [-0.25, -0.2) is 9.97 Å². The molecular weight excluding hydrogens is 284 g/mol. The quantitative estimate of drug-likeness (QED) is 0.848. The molecule has 0 aromatic carbocycles. The first-order valence-corrected chi connectivity index (χ1v) is 6.94. The van der Waals surface area contributed by atoms with E-state index >= 15 is 0 Å². The van der Waals surface area contributed by atoms with Crippen LogP contribution in [0.3, 0.4) is 0 Å². The zero-order chi connectivity index (χ0) is 13.8. The molecule has 0 spiro atoms. The van der Waals surface area contributed by atoms with Crippen molar-refractivity contribution in [2.24, 2.45) is 5.73 Å². The smallest absolute Gasteiger partial charge is 0.275 e. The zero-order valence-corrected chi connectivity index (χ0v) is 11.9. The van der Waals surface area contributed by atoms with Gasteiger partial charge in [0, 0.05) is 11.8 Å². The van der Waals surface area contributed by atoms with E-state index in [9.17, 15) is 4.79 Å². The van der Waals surface area contributed by atoms with Gasteiger partial charge in [-0.1, -0.05) is 11.6 Å². The summed E-state index contributed by atoms with van der Waals surface area (Å²) in [7, 11) is 0. The summed E-state index contributed by atoms with van der Waals surface area (Å²) in [6.45, 7) is 2.35. The number of nitrogens with two attached hydrogens (primary N) is 1. The average Bonchev–Trinajstić information content (AvgIpc) is 2.83. The summed E-state index contributed by atoms with van der Waals surface area (Å²) >= 11 is 7.26. The van der Waals surface area contributed by atoms with E-state index in [2.05, 4.69) is 15.3 Å². The fourth-order valence-corrected chi connectivity index (χ4v) is 2.37. The molecule has 3 N–H and O–H groups in total. The van der Waals surface area contributed by atoms with Gasteiger partial charge in [0.1, 0.15) is 10.8 Å². The number of carbonyl (C=O) groups is 1. The number of hydrogen-bond acceptors (Lipinski definition) is 5. The van der Waals surface area contributed by atoms with Crippen LogP contribution in [0.4, 0.5) is 5.69 Å². The minimum atomic E-state index is -0.261. The molecule has 2 aromatic rings. The van der Waals surface area contributed by atoms with Crippen molar-refractivity contribution in [3.05, 3.63) is 39.1 Å². The Morgan fingerprint density at radius 3 is 3.05 bits per heavy atom. The molecule has 0 aliphatic heterocycles. The van der Waals surface area contributed by atoms with E-state index in [1.165, 1.54) is 17.5 Å². The predicted octanol–water partition coefficient (Wildman–Crippen LogP) is 2.25. The number of amides is 1. The van der Waals surface area contributed by atoms with Crippen LogP contribution in [0.2, 0.25) is 5.15 Å². The highest BCUT2D eigenvalue weighted by Crippen LogP contribution is 2.17. The highest BCUT2D eigenvalue weighted by Gasteiger charge is 2.11. The number of nitrogens with zero attached hydrogens (tertiary/aromatic N) is 2. The Morgan fingerprint density at radius 2 is 2.37 bits per heavy atom. The molecule has 19 heavy (non-hydrogen) atoms. The van der Waals surface area contributed by atoms with Crippen molar-refractivity contribution in [3.8, 4) is 0 Å². The molecule has 0 unspecified atom stereocenters. The molecule has 0 saturated heterocycles. The van der Waals surface area contributed by atoms with Crippen molar-refractivity contribution in [1.82, 2.24) is 9.97 Å². The van der Waals surface area contributed by atoms with Crippen LogP contribution < -0.4 is 11.1 Å². The molecule has 0 fully saturated rings. The van der Waals surface area contributed by atoms with Gasteiger partial charge in [-0.05, 0) is 25.1 Å². The molecule has 100 valence electrons. The Hall–Kier alpha value is -1.50. The highest BCUT2D eigenvalue weighted by atomic mass is 35.5. The molecule has 0 atom stereocenters. The average molecular weight is 297 g/mol. The Balaban J connectivity index is 2.09. The molecule has 0 bridgehead atoms. The lowest BCUT2D eigenvalue weighted by molar-refractivity contribution is 0.102. The zero-order valence-electron chi connectivity index (χ0n) is 10.3. The molecule has 5 nitrogen and oxygen atoms in total. The lowest BCUT2D eigenvalue weighted by atomic mass is 10.3. The third kappa shape index (κ3) is 3.50. The Labute approximate surface area is 119 Å². The second-order valence-corrected chi connectivity index (χ2v) is 5.25. The third-order valence-electron chi connectivity index (χ3n) is 2.41.